The molecule has 1 aromatic rings. The highest BCUT2D eigenvalue weighted by molar-refractivity contribution is 5.34. The molecule has 0 bridgehead atoms. The molecule has 1 atom stereocenters. The van der Waals surface area contributed by atoms with Crippen LogP contribution in [-0.2, 0) is 0 Å². The second kappa shape index (κ2) is 5.44. The topological polar surface area (TPSA) is 23.8 Å². The van der Waals surface area contributed by atoms with Crippen molar-refractivity contribution in [2.45, 2.75) is 39.0 Å². The molecule has 1 aromatic carbocycles. The van der Waals surface area contributed by atoms with E-state index in [0.29, 0.717) is 5.92 Å². The lowest BCUT2D eigenvalue weighted by atomic mass is 9.94. The molecule has 0 heterocycles. The minimum atomic E-state index is 0.572. The maximum Gasteiger partial charge on any atom is 0.0991 e. The van der Waals surface area contributed by atoms with E-state index in [4.69, 9.17) is 5.26 Å². The van der Waals surface area contributed by atoms with E-state index in [1.54, 1.807) is 0 Å². The molecule has 0 fully saturated rings. The molecule has 1 unspecified atom stereocenters. The smallest absolute Gasteiger partial charge is 0.0991 e. The SMILES string of the molecule is CCCCC(C)c1cccc(C#N)c1. The zero-order chi connectivity index (χ0) is 10.4. The van der Waals surface area contributed by atoms with Crippen LogP contribution in [0.1, 0.15) is 50.2 Å². The molecule has 0 radical (unpaired) electrons. The van der Waals surface area contributed by atoms with E-state index in [2.05, 4.69) is 26.0 Å². The molecule has 1 heteroatoms. The molecule has 0 N–H and O–H groups in total. The number of nitriles is 1. The summed E-state index contributed by atoms with van der Waals surface area (Å²) in [6.07, 6.45) is 3.71. The summed E-state index contributed by atoms with van der Waals surface area (Å²) in [5, 5.41) is 8.77. The Morgan fingerprint density at radius 2 is 2.21 bits per heavy atom. The molecule has 0 aliphatic carbocycles. The third kappa shape index (κ3) is 2.88. The van der Waals surface area contributed by atoms with E-state index in [0.717, 1.165) is 5.56 Å². The quantitative estimate of drug-likeness (QED) is 0.702. The van der Waals surface area contributed by atoms with E-state index in [9.17, 15) is 0 Å². The van der Waals surface area contributed by atoms with Gasteiger partial charge in [-0.05, 0) is 30.0 Å². The Bertz CT molecular complexity index is 322. The Balaban J connectivity index is 2.70. The van der Waals surface area contributed by atoms with Crippen LogP contribution in [0, 0.1) is 11.3 Å². The number of rotatable bonds is 4. The Hall–Kier alpha value is -1.29. The fourth-order valence-corrected chi connectivity index (χ4v) is 1.59. The zero-order valence-corrected chi connectivity index (χ0v) is 8.96. The second-order valence-electron chi connectivity index (χ2n) is 3.78. The van der Waals surface area contributed by atoms with Crippen molar-refractivity contribution in [1.82, 2.24) is 0 Å². The first-order valence-corrected chi connectivity index (χ1v) is 5.28. The van der Waals surface area contributed by atoms with Crippen molar-refractivity contribution in [3.05, 3.63) is 35.4 Å². The van der Waals surface area contributed by atoms with Gasteiger partial charge in [0.05, 0.1) is 11.6 Å². The zero-order valence-electron chi connectivity index (χ0n) is 8.96. The van der Waals surface area contributed by atoms with Crippen molar-refractivity contribution < 1.29 is 0 Å². The molecule has 0 aliphatic rings. The molecular weight excluding hydrogens is 170 g/mol. The van der Waals surface area contributed by atoms with Gasteiger partial charge in [0, 0.05) is 0 Å². The molecule has 0 saturated heterocycles. The van der Waals surface area contributed by atoms with Gasteiger partial charge in [-0.2, -0.15) is 5.26 Å². The number of benzene rings is 1. The van der Waals surface area contributed by atoms with E-state index in [1.165, 1.54) is 24.8 Å². The predicted octanol–water partition coefficient (Wildman–Crippen LogP) is 3.85. The van der Waals surface area contributed by atoms with Crippen LogP contribution in [-0.4, -0.2) is 0 Å². The van der Waals surface area contributed by atoms with Gasteiger partial charge in [-0.25, -0.2) is 0 Å². The monoisotopic (exact) mass is 187 g/mol. The molecule has 0 saturated carbocycles. The number of unbranched alkanes of at least 4 members (excludes halogenated alkanes) is 1. The molecule has 14 heavy (non-hydrogen) atoms. The lowest BCUT2D eigenvalue weighted by molar-refractivity contribution is 0.624. The van der Waals surface area contributed by atoms with Gasteiger partial charge in [0.1, 0.15) is 0 Å². The fourth-order valence-electron chi connectivity index (χ4n) is 1.59. The molecule has 1 rings (SSSR count). The largest absolute Gasteiger partial charge is 0.192 e. The van der Waals surface area contributed by atoms with Gasteiger partial charge in [-0.3, -0.25) is 0 Å². The summed E-state index contributed by atoms with van der Waals surface area (Å²) in [6, 6.07) is 10.1. The van der Waals surface area contributed by atoms with Gasteiger partial charge in [0.15, 0.2) is 0 Å². The highest BCUT2D eigenvalue weighted by Gasteiger charge is 2.04. The van der Waals surface area contributed by atoms with Crippen LogP contribution in [0.25, 0.3) is 0 Å². The number of hydrogen-bond donors (Lipinski definition) is 0. The van der Waals surface area contributed by atoms with Gasteiger partial charge in [0.2, 0.25) is 0 Å². The van der Waals surface area contributed by atoms with Crippen LogP contribution in [0.5, 0.6) is 0 Å². The maximum atomic E-state index is 8.77. The summed E-state index contributed by atoms with van der Waals surface area (Å²) < 4.78 is 0. The van der Waals surface area contributed by atoms with Gasteiger partial charge < -0.3 is 0 Å². The van der Waals surface area contributed by atoms with Crippen molar-refractivity contribution in [1.29, 1.82) is 5.26 Å². The van der Waals surface area contributed by atoms with Gasteiger partial charge in [-0.1, -0.05) is 38.8 Å². The third-order valence-corrected chi connectivity index (χ3v) is 2.58. The van der Waals surface area contributed by atoms with Crippen molar-refractivity contribution in [2.75, 3.05) is 0 Å². The minimum absolute atomic E-state index is 0.572. The first-order valence-electron chi connectivity index (χ1n) is 5.28. The van der Waals surface area contributed by atoms with Crippen LogP contribution in [0.3, 0.4) is 0 Å². The van der Waals surface area contributed by atoms with Crippen LogP contribution in [0.15, 0.2) is 24.3 Å². The highest BCUT2D eigenvalue weighted by atomic mass is 14.2. The average Bonchev–Trinajstić information content (AvgIpc) is 2.26. The summed E-state index contributed by atoms with van der Waals surface area (Å²) in [6.45, 7) is 4.44. The summed E-state index contributed by atoms with van der Waals surface area (Å²) in [4.78, 5) is 0. The molecular formula is C13H17N. The first-order chi connectivity index (χ1) is 6.77. The van der Waals surface area contributed by atoms with Crippen molar-refractivity contribution >= 4 is 0 Å². The lowest BCUT2D eigenvalue weighted by Gasteiger charge is -2.10. The van der Waals surface area contributed by atoms with E-state index >= 15 is 0 Å². The van der Waals surface area contributed by atoms with Crippen molar-refractivity contribution in [3.63, 3.8) is 0 Å². The van der Waals surface area contributed by atoms with Crippen molar-refractivity contribution in [2.24, 2.45) is 0 Å². The number of hydrogen-bond acceptors (Lipinski definition) is 1. The molecule has 0 amide bonds. The van der Waals surface area contributed by atoms with Gasteiger partial charge in [-0.15, -0.1) is 0 Å². The fraction of sp³-hybridized carbons (Fsp3) is 0.462. The maximum absolute atomic E-state index is 8.77. The Morgan fingerprint density at radius 3 is 2.86 bits per heavy atom. The van der Waals surface area contributed by atoms with Gasteiger partial charge in [0.25, 0.3) is 0 Å². The first kappa shape index (κ1) is 10.8. The minimum Gasteiger partial charge on any atom is -0.192 e. The Morgan fingerprint density at radius 1 is 1.43 bits per heavy atom. The average molecular weight is 187 g/mol. The van der Waals surface area contributed by atoms with Crippen molar-refractivity contribution in [3.8, 4) is 6.07 Å². The van der Waals surface area contributed by atoms with Crippen LogP contribution >= 0.6 is 0 Å². The highest BCUT2D eigenvalue weighted by Crippen LogP contribution is 2.21. The Labute approximate surface area is 86.4 Å². The summed E-state index contributed by atoms with van der Waals surface area (Å²) in [5.74, 6) is 0.572. The second-order valence-corrected chi connectivity index (χ2v) is 3.78. The van der Waals surface area contributed by atoms with E-state index < -0.39 is 0 Å². The lowest BCUT2D eigenvalue weighted by Crippen LogP contribution is -1.93. The van der Waals surface area contributed by atoms with Gasteiger partial charge >= 0.3 is 0 Å². The molecule has 0 spiro atoms. The van der Waals surface area contributed by atoms with E-state index in [1.807, 2.05) is 18.2 Å². The molecule has 0 aromatic heterocycles. The normalized spacial score (nSPS) is 12.1. The summed E-state index contributed by atoms with van der Waals surface area (Å²) in [7, 11) is 0. The van der Waals surface area contributed by atoms with Crippen LogP contribution in [0.4, 0.5) is 0 Å². The number of nitrogens with zero attached hydrogens (tertiary/aromatic N) is 1. The summed E-state index contributed by atoms with van der Waals surface area (Å²) >= 11 is 0. The standard InChI is InChI=1S/C13H17N/c1-3-4-6-11(2)13-8-5-7-12(9-13)10-14/h5,7-9,11H,3-4,6H2,1-2H3. The van der Waals surface area contributed by atoms with Crippen LogP contribution < -0.4 is 0 Å². The van der Waals surface area contributed by atoms with E-state index in [-0.39, 0.29) is 0 Å². The summed E-state index contributed by atoms with van der Waals surface area (Å²) in [5.41, 5.74) is 2.06. The Kier molecular flexibility index (Phi) is 4.19. The molecule has 74 valence electrons. The third-order valence-electron chi connectivity index (χ3n) is 2.58. The molecule has 1 nitrogen and oxygen atoms in total. The molecule has 0 aliphatic heterocycles. The predicted molar refractivity (Wildman–Crippen MR) is 59.1 cm³/mol. The van der Waals surface area contributed by atoms with Crippen LogP contribution in [0.2, 0.25) is 0 Å².